The van der Waals surface area contributed by atoms with Crippen LogP contribution in [0.1, 0.15) is 12.0 Å². The predicted molar refractivity (Wildman–Crippen MR) is 80.3 cm³/mol. The van der Waals surface area contributed by atoms with Crippen molar-refractivity contribution in [2.75, 3.05) is 0 Å². The molecule has 0 aliphatic heterocycles. The fourth-order valence-corrected chi connectivity index (χ4v) is 3.56. The third-order valence-corrected chi connectivity index (χ3v) is 4.66. The number of rotatable bonds is 5. The summed E-state index contributed by atoms with van der Waals surface area (Å²) in [6.07, 6.45) is 4.54. The largest absolute Gasteiger partial charge is 0.481 e. The number of non-ortho nitro benzene ring substituents is 1. The topological polar surface area (TPSA) is 110 Å². The van der Waals surface area contributed by atoms with Crippen LogP contribution < -0.4 is 5.32 Å². The number of carbonyl (C=O) groups is 2. The molecule has 1 aromatic carbocycles. The summed E-state index contributed by atoms with van der Waals surface area (Å²) in [5.74, 6) is -2.49. The van der Waals surface area contributed by atoms with Crippen molar-refractivity contribution in [3.05, 3.63) is 52.1 Å². The Morgan fingerprint density at radius 2 is 1.78 bits per heavy atom. The number of amides is 1. The van der Waals surface area contributed by atoms with Gasteiger partial charge in [-0.15, -0.1) is 0 Å². The van der Waals surface area contributed by atoms with Gasteiger partial charge in [-0.25, -0.2) is 0 Å². The van der Waals surface area contributed by atoms with Crippen molar-refractivity contribution < 1.29 is 19.6 Å². The molecular formula is C16H16N2O5. The number of fused-ring (bicyclic) bond motifs is 2. The van der Waals surface area contributed by atoms with Crippen molar-refractivity contribution in [2.45, 2.75) is 13.0 Å². The highest BCUT2D eigenvalue weighted by molar-refractivity contribution is 5.86. The van der Waals surface area contributed by atoms with Crippen LogP contribution in [0, 0.1) is 33.8 Å². The van der Waals surface area contributed by atoms with Crippen molar-refractivity contribution in [1.82, 2.24) is 5.32 Å². The quantitative estimate of drug-likeness (QED) is 0.488. The Morgan fingerprint density at radius 3 is 2.35 bits per heavy atom. The van der Waals surface area contributed by atoms with Gasteiger partial charge in [0.2, 0.25) is 5.91 Å². The van der Waals surface area contributed by atoms with Crippen LogP contribution in [0.3, 0.4) is 0 Å². The fourth-order valence-electron chi connectivity index (χ4n) is 3.56. The lowest BCUT2D eigenvalue weighted by molar-refractivity contribution is -0.384. The van der Waals surface area contributed by atoms with Gasteiger partial charge in [0.05, 0.1) is 16.8 Å². The highest BCUT2D eigenvalue weighted by Crippen LogP contribution is 2.48. The van der Waals surface area contributed by atoms with Gasteiger partial charge in [0, 0.05) is 18.7 Å². The molecule has 2 aliphatic carbocycles. The first-order chi connectivity index (χ1) is 11.0. The van der Waals surface area contributed by atoms with Crippen molar-refractivity contribution >= 4 is 17.6 Å². The molecule has 2 N–H and O–H groups in total. The van der Waals surface area contributed by atoms with Crippen LogP contribution in [0.15, 0.2) is 36.4 Å². The summed E-state index contributed by atoms with van der Waals surface area (Å²) in [4.78, 5) is 33.9. The minimum absolute atomic E-state index is 0.00995. The van der Waals surface area contributed by atoms with E-state index in [2.05, 4.69) is 5.32 Å². The Morgan fingerprint density at radius 1 is 1.17 bits per heavy atom. The summed E-state index contributed by atoms with van der Waals surface area (Å²) in [6.45, 7) is 0.223. The van der Waals surface area contributed by atoms with E-state index < -0.39 is 22.7 Å². The smallest absolute Gasteiger partial charge is 0.307 e. The fraction of sp³-hybridized carbons (Fsp3) is 0.375. The van der Waals surface area contributed by atoms with Gasteiger partial charge in [-0.2, -0.15) is 0 Å². The standard InChI is InChI=1S/C16H16N2O5/c19-15(13-10-3-4-11(7-10)14(13)16(20)21)17-8-9-1-5-12(6-2-9)18(22)23/h1-6,10-11,13-14H,7-8H2,(H,17,19)(H,20,21). The van der Waals surface area contributed by atoms with Gasteiger partial charge < -0.3 is 10.4 Å². The van der Waals surface area contributed by atoms with Gasteiger partial charge in [0.15, 0.2) is 0 Å². The number of carboxylic acids is 1. The molecule has 7 nitrogen and oxygen atoms in total. The monoisotopic (exact) mass is 316 g/mol. The minimum atomic E-state index is -0.933. The Balaban J connectivity index is 1.64. The molecule has 4 unspecified atom stereocenters. The van der Waals surface area contributed by atoms with Crippen LogP contribution in [-0.2, 0) is 16.1 Å². The summed E-state index contributed by atoms with van der Waals surface area (Å²) in [6, 6.07) is 5.91. The number of hydrogen-bond acceptors (Lipinski definition) is 4. The molecule has 0 aromatic heterocycles. The third-order valence-electron chi connectivity index (χ3n) is 4.66. The van der Waals surface area contributed by atoms with E-state index in [4.69, 9.17) is 0 Å². The third kappa shape index (κ3) is 2.81. The van der Waals surface area contributed by atoms with Crippen LogP contribution in [0.25, 0.3) is 0 Å². The Kier molecular flexibility index (Phi) is 3.85. The average Bonchev–Trinajstić information content (AvgIpc) is 3.13. The molecule has 1 amide bonds. The van der Waals surface area contributed by atoms with Gasteiger partial charge in [0.25, 0.3) is 5.69 Å². The molecule has 0 saturated heterocycles. The molecule has 0 heterocycles. The van der Waals surface area contributed by atoms with E-state index in [0.29, 0.717) is 6.42 Å². The van der Waals surface area contributed by atoms with Gasteiger partial charge in [0.1, 0.15) is 0 Å². The maximum atomic E-state index is 12.4. The van der Waals surface area contributed by atoms with Gasteiger partial charge >= 0.3 is 5.97 Å². The number of aliphatic carboxylic acids is 1. The number of nitro groups is 1. The molecule has 1 fully saturated rings. The highest BCUT2D eigenvalue weighted by Gasteiger charge is 2.51. The van der Waals surface area contributed by atoms with Crippen molar-refractivity contribution in [3.8, 4) is 0 Å². The van der Waals surface area contributed by atoms with E-state index in [1.807, 2.05) is 12.2 Å². The number of nitrogens with zero attached hydrogens (tertiary/aromatic N) is 1. The van der Waals surface area contributed by atoms with Crippen molar-refractivity contribution in [2.24, 2.45) is 23.7 Å². The first-order valence-electron chi connectivity index (χ1n) is 7.39. The molecule has 0 spiro atoms. The molecule has 0 radical (unpaired) electrons. The molecule has 1 aromatic rings. The molecular weight excluding hydrogens is 300 g/mol. The van der Waals surface area contributed by atoms with E-state index in [-0.39, 0.29) is 30.0 Å². The lowest BCUT2D eigenvalue weighted by atomic mass is 9.82. The molecule has 2 aliphatic rings. The molecule has 7 heteroatoms. The molecule has 2 bridgehead atoms. The van der Waals surface area contributed by atoms with Crippen LogP contribution in [0.5, 0.6) is 0 Å². The summed E-state index contributed by atoms with van der Waals surface area (Å²) in [7, 11) is 0. The maximum Gasteiger partial charge on any atom is 0.307 e. The van der Waals surface area contributed by atoms with Crippen LogP contribution in [0.2, 0.25) is 0 Å². The zero-order chi connectivity index (χ0) is 16.6. The number of allylic oxidation sites excluding steroid dienone is 2. The van der Waals surface area contributed by atoms with Gasteiger partial charge in [-0.05, 0) is 23.8 Å². The molecule has 3 rings (SSSR count). The number of nitrogens with one attached hydrogen (secondary N) is 1. The molecule has 4 atom stereocenters. The zero-order valence-electron chi connectivity index (χ0n) is 12.2. The lowest BCUT2D eigenvalue weighted by Crippen LogP contribution is -2.39. The summed E-state index contributed by atoms with van der Waals surface area (Å²) in [5.41, 5.74) is 0.721. The van der Waals surface area contributed by atoms with E-state index >= 15 is 0 Å². The van der Waals surface area contributed by atoms with E-state index in [1.54, 1.807) is 12.1 Å². The van der Waals surface area contributed by atoms with Crippen LogP contribution in [-0.4, -0.2) is 21.9 Å². The number of nitro benzene ring substituents is 1. The number of carbonyl (C=O) groups excluding carboxylic acids is 1. The van der Waals surface area contributed by atoms with E-state index in [9.17, 15) is 24.8 Å². The van der Waals surface area contributed by atoms with E-state index in [0.717, 1.165) is 5.56 Å². The Hall–Kier alpha value is -2.70. The van der Waals surface area contributed by atoms with Gasteiger partial charge in [-0.1, -0.05) is 24.3 Å². The summed E-state index contributed by atoms with van der Waals surface area (Å²) >= 11 is 0. The SMILES string of the molecule is O=C(O)C1C2C=CC(C2)C1C(=O)NCc1ccc([N+](=O)[O-])cc1. The normalized spacial score (nSPS) is 27.8. The lowest BCUT2D eigenvalue weighted by Gasteiger charge is -2.23. The van der Waals surface area contributed by atoms with Crippen molar-refractivity contribution in [1.29, 1.82) is 0 Å². The second-order valence-electron chi connectivity index (χ2n) is 5.98. The Bertz CT molecular complexity index is 682. The first-order valence-corrected chi connectivity index (χ1v) is 7.39. The van der Waals surface area contributed by atoms with E-state index in [1.165, 1.54) is 12.1 Å². The second-order valence-corrected chi connectivity index (χ2v) is 5.98. The second kappa shape index (κ2) is 5.83. The first kappa shape index (κ1) is 15.2. The van der Waals surface area contributed by atoms with Gasteiger partial charge in [-0.3, -0.25) is 19.7 Å². The number of benzene rings is 1. The summed E-state index contributed by atoms with van der Waals surface area (Å²) in [5, 5.41) is 22.7. The average molecular weight is 316 g/mol. The molecule has 120 valence electrons. The molecule has 23 heavy (non-hydrogen) atoms. The van der Waals surface area contributed by atoms with Crippen LogP contribution >= 0.6 is 0 Å². The Labute approximate surface area is 132 Å². The van der Waals surface area contributed by atoms with Crippen LogP contribution in [0.4, 0.5) is 5.69 Å². The van der Waals surface area contributed by atoms with Crippen molar-refractivity contribution in [3.63, 3.8) is 0 Å². The number of carboxylic acid groups (broad SMARTS) is 1. The zero-order valence-corrected chi connectivity index (χ0v) is 12.2. The molecule has 1 saturated carbocycles. The number of hydrogen-bond donors (Lipinski definition) is 2. The predicted octanol–water partition coefficient (Wildman–Crippen LogP) is 1.73. The summed E-state index contributed by atoms with van der Waals surface area (Å²) < 4.78 is 0. The highest BCUT2D eigenvalue weighted by atomic mass is 16.6. The maximum absolute atomic E-state index is 12.4. The minimum Gasteiger partial charge on any atom is -0.481 e.